The lowest BCUT2D eigenvalue weighted by atomic mass is 10.1. The minimum Gasteiger partial charge on any atom is -0.504 e. The number of fused-ring (bicyclic) bond motifs is 1. The molecule has 0 fully saturated rings. The minimum atomic E-state index is -1.18. The Morgan fingerprint density at radius 1 is 1.20 bits per heavy atom. The third kappa shape index (κ3) is 1.43. The van der Waals surface area contributed by atoms with Gasteiger partial charge in [-0.1, -0.05) is 0 Å². The van der Waals surface area contributed by atoms with Gasteiger partial charge in [-0.2, -0.15) is 0 Å². The highest BCUT2D eigenvalue weighted by molar-refractivity contribution is 6.02. The molecule has 1 heterocycles. The van der Waals surface area contributed by atoms with Crippen LogP contribution in [0.4, 0.5) is 0 Å². The summed E-state index contributed by atoms with van der Waals surface area (Å²) in [5.74, 6) is -1.83. The first kappa shape index (κ1) is 9.26. The molecule has 0 aliphatic rings. The second-order valence-electron chi connectivity index (χ2n) is 3.03. The standard InChI is InChI=1S/C10H7NO4/c12-7-3-5-1-2-11-9(10(14)15)6(5)4-8(7)13/h1-4,12-13H,(H,14,15). The van der Waals surface area contributed by atoms with E-state index in [2.05, 4.69) is 4.98 Å². The summed E-state index contributed by atoms with van der Waals surface area (Å²) < 4.78 is 0. The van der Waals surface area contributed by atoms with Crippen LogP contribution in [0.25, 0.3) is 10.8 Å². The molecule has 0 aliphatic heterocycles. The summed E-state index contributed by atoms with van der Waals surface area (Å²) in [4.78, 5) is 14.5. The lowest BCUT2D eigenvalue weighted by Crippen LogP contribution is -2.00. The van der Waals surface area contributed by atoms with Crippen LogP contribution >= 0.6 is 0 Å². The second-order valence-corrected chi connectivity index (χ2v) is 3.03. The van der Waals surface area contributed by atoms with Gasteiger partial charge in [0.25, 0.3) is 0 Å². The lowest BCUT2D eigenvalue weighted by molar-refractivity contribution is 0.0693. The highest BCUT2D eigenvalue weighted by atomic mass is 16.4. The number of carboxylic acids is 1. The Morgan fingerprint density at radius 3 is 2.53 bits per heavy atom. The Bertz CT molecular complexity index is 550. The minimum absolute atomic E-state index is 0.150. The van der Waals surface area contributed by atoms with Gasteiger partial charge in [0.15, 0.2) is 17.2 Å². The normalized spacial score (nSPS) is 10.4. The summed E-state index contributed by atoms with van der Waals surface area (Å²) in [6.07, 6.45) is 1.34. The van der Waals surface area contributed by atoms with E-state index < -0.39 is 5.97 Å². The van der Waals surface area contributed by atoms with Crippen molar-refractivity contribution in [1.29, 1.82) is 0 Å². The van der Waals surface area contributed by atoms with E-state index in [9.17, 15) is 15.0 Å². The van der Waals surface area contributed by atoms with E-state index in [1.807, 2.05) is 0 Å². The predicted octanol–water partition coefficient (Wildman–Crippen LogP) is 1.34. The molecule has 0 saturated carbocycles. The van der Waals surface area contributed by atoms with Gasteiger partial charge < -0.3 is 15.3 Å². The average molecular weight is 205 g/mol. The van der Waals surface area contributed by atoms with Gasteiger partial charge in [-0.25, -0.2) is 9.78 Å². The third-order valence-corrected chi connectivity index (χ3v) is 2.06. The number of hydrogen-bond donors (Lipinski definition) is 3. The molecule has 1 aromatic heterocycles. The first-order chi connectivity index (χ1) is 7.09. The molecular formula is C10H7NO4. The monoisotopic (exact) mass is 205 g/mol. The number of aromatic carboxylic acids is 1. The van der Waals surface area contributed by atoms with Crippen molar-refractivity contribution in [3.8, 4) is 11.5 Å². The van der Waals surface area contributed by atoms with Crippen molar-refractivity contribution in [2.24, 2.45) is 0 Å². The molecule has 0 aliphatic carbocycles. The number of nitrogens with zero attached hydrogens (tertiary/aromatic N) is 1. The van der Waals surface area contributed by atoms with E-state index in [0.717, 1.165) is 0 Å². The number of phenols is 2. The number of carbonyl (C=O) groups is 1. The first-order valence-electron chi connectivity index (χ1n) is 4.13. The molecule has 2 rings (SSSR count). The summed E-state index contributed by atoms with van der Waals surface area (Å²) in [7, 11) is 0. The molecule has 1 aromatic carbocycles. The topological polar surface area (TPSA) is 90.7 Å². The van der Waals surface area contributed by atoms with Crippen LogP contribution in [-0.4, -0.2) is 26.3 Å². The fourth-order valence-corrected chi connectivity index (χ4v) is 1.37. The van der Waals surface area contributed by atoms with Crippen LogP contribution in [0.5, 0.6) is 11.5 Å². The molecule has 0 spiro atoms. The van der Waals surface area contributed by atoms with Crippen LogP contribution in [0.15, 0.2) is 24.4 Å². The highest BCUT2D eigenvalue weighted by Gasteiger charge is 2.12. The smallest absolute Gasteiger partial charge is 0.355 e. The number of aromatic hydroxyl groups is 2. The molecule has 0 saturated heterocycles. The fourth-order valence-electron chi connectivity index (χ4n) is 1.37. The van der Waals surface area contributed by atoms with Crippen molar-refractivity contribution in [2.45, 2.75) is 0 Å². The average Bonchev–Trinajstić information content (AvgIpc) is 2.18. The first-order valence-corrected chi connectivity index (χ1v) is 4.13. The zero-order chi connectivity index (χ0) is 11.0. The maximum atomic E-state index is 10.8. The molecule has 0 amide bonds. The summed E-state index contributed by atoms with van der Waals surface area (Å²) in [6, 6.07) is 4.03. The Hall–Kier alpha value is -2.30. The molecule has 76 valence electrons. The molecule has 0 atom stereocenters. The number of carboxylic acid groups (broad SMARTS) is 1. The van der Waals surface area contributed by atoms with Crippen LogP contribution in [0.2, 0.25) is 0 Å². The Labute approximate surface area is 84.2 Å². The summed E-state index contributed by atoms with van der Waals surface area (Å²) in [5, 5.41) is 28.1. The van der Waals surface area contributed by atoms with E-state index in [-0.39, 0.29) is 17.2 Å². The van der Waals surface area contributed by atoms with Gasteiger partial charge >= 0.3 is 5.97 Å². The molecule has 0 bridgehead atoms. The van der Waals surface area contributed by atoms with E-state index >= 15 is 0 Å². The predicted molar refractivity (Wildman–Crippen MR) is 52.0 cm³/mol. The Kier molecular flexibility index (Phi) is 1.93. The van der Waals surface area contributed by atoms with Crippen LogP contribution < -0.4 is 0 Å². The Morgan fingerprint density at radius 2 is 1.87 bits per heavy atom. The summed E-state index contributed by atoms with van der Waals surface area (Å²) >= 11 is 0. The van der Waals surface area contributed by atoms with E-state index in [1.165, 1.54) is 18.3 Å². The molecule has 3 N–H and O–H groups in total. The van der Waals surface area contributed by atoms with Gasteiger partial charge in [0.1, 0.15) is 0 Å². The highest BCUT2D eigenvalue weighted by Crippen LogP contribution is 2.30. The second kappa shape index (κ2) is 3.13. The van der Waals surface area contributed by atoms with Crippen LogP contribution in [-0.2, 0) is 0 Å². The van der Waals surface area contributed by atoms with E-state index in [4.69, 9.17) is 5.11 Å². The van der Waals surface area contributed by atoms with Crippen LogP contribution in [0.3, 0.4) is 0 Å². The SMILES string of the molecule is O=C(O)c1nccc2cc(O)c(O)cc12. The number of aromatic nitrogens is 1. The third-order valence-electron chi connectivity index (χ3n) is 2.06. The largest absolute Gasteiger partial charge is 0.504 e. The van der Waals surface area contributed by atoms with Crippen molar-refractivity contribution in [1.82, 2.24) is 4.98 Å². The molecule has 0 radical (unpaired) electrons. The maximum Gasteiger partial charge on any atom is 0.355 e. The van der Waals surface area contributed by atoms with Gasteiger partial charge in [-0.15, -0.1) is 0 Å². The van der Waals surface area contributed by atoms with Gasteiger partial charge in [-0.3, -0.25) is 0 Å². The quantitative estimate of drug-likeness (QED) is 0.611. The molecule has 0 unspecified atom stereocenters. The fraction of sp³-hybridized carbons (Fsp3) is 0. The summed E-state index contributed by atoms with van der Waals surface area (Å²) in [6.45, 7) is 0. The van der Waals surface area contributed by atoms with Crippen LogP contribution in [0.1, 0.15) is 10.5 Å². The van der Waals surface area contributed by atoms with Gasteiger partial charge in [-0.05, 0) is 23.6 Å². The van der Waals surface area contributed by atoms with Gasteiger partial charge in [0, 0.05) is 11.6 Å². The van der Waals surface area contributed by atoms with Crippen molar-refractivity contribution in [3.63, 3.8) is 0 Å². The van der Waals surface area contributed by atoms with Crippen molar-refractivity contribution < 1.29 is 20.1 Å². The number of benzene rings is 1. The van der Waals surface area contributed by atoms with E-state index in [1.54, 1.807) is 6.07 Å². The molecule has 2 aromatic rings. The molecular weight excluding hydrogens is 198 g/mol. The zero-order valence-electron chi connectivity index (χ0n) is 7.51. The van der Waals surface area contributed by atoms with Crippen molar-refractivity contribution in [2.75, 3.05) is 0 Å². The number of phenolic OH excluding ortho intramolecular Hbond substituents is 2. The maximum absolute atomic E-state index is 10.8. The van der Waals surface area contributed by atoms with Crippen molar-refractivity contribution in [3.05, 3.63) is 30.1 Å². The molecule has 15 heavy (non-hydrogen) atoms. The number of rotatable bonds is 1. The zero-order valence-corrected chi connectivity index (χ0v) is 7.51. The van der Waals surface area contributed by atoms with Gasteiger partial charge in [0.05, 0.1) is 0 Å². The Balaban J connectivity index is 2.86. The molecule has 5 heteroatoms. The number of hydrogen-bond acceptors (Lipinski definition) is 4. The summed E-state index contributed by atoms with van der Waals surface area (Å²) in [5.41, 5.74) is -0.150. The van der Waals surface area contributed by atoms with Gasteiger partial charge in [0.2, 0.25) is 0 Å². The molecule has 5 nitrogen and oxygen atoms in total. The number of pyridine rings is 1. The van der Waals surface area contributed by atoms with Crippen LogP contribution in [0, 0.1) is 0 Å². The lowest BCUT2D eigenvalue weighted by Gasteiger charge is -2.03. The van der Waals surface area contributed by atoms with E-state index in [0.29, 0.717) is 10.8 Å². The van der Waals surface area contributed by atoms with Crippen molar-refractivity contribution >= 4 is 16.7 Å².